The molecule has 0 bridgehead atoms. The lowest BCUT2D eigenvalue weighted by atomic mass is 9.76. The van der Waals surface area contributed by atoms with Crippen LogP contribution in [-0.2, 0) is 6.42 Å². The molecule has 2 rings (SSSR count). The van der Waals surface area contributed by atoms with Gasteiger partial charge in [-0.15, -0.1) is 0 Å². The highest BCUT2D eigenvalue weighted by Gasteiger charge is 2.34. The van der Waals surface area contributed by atoms with Crippen LogP contribution in [0.25, 0.3) is 0 Å². The summed E-state index contributed by atoms with van der Waals surface area (Å²) in [5.41, 5.74) is 1.41. The van der Waals surface area contributed by atoms with Crippen LogP contribution in [0.3, 0.4) is 0 Å². The fourth-order valence-electron chi connectivity index (χ4n) is 2.64. The lowest BCUT2D eigenvalue weighted by Crippen LogP contribution is -2.34. The summed E-state index contributed by atoms with van der Waals surface area (Å²) in [5, 5.41) is 37.8. The molecular formula is C14H21NO5. The van der Waals surface area contributed by atoms with Gasteiger partial charge in [-0.25, -0.2) is 0 Å². The molecule has 0 saturated carbocycles. The summed E-state index contributed by atoms with van der Waals surface area (Å²) in [6.07, 6.45) is -3.20. The number of aliphatic hydroxyl groups is 4. The van der Waals surface area contributed by atoms with Gasteiger partial charge in [0.1, 0.15) is 18.3 Å². The van der Waals surface area contributed by atoms with Crippen LogP contribution < -0.4 is 0 Å². The minimum atomic E-state index is -1.51. The molecule has 1 heterocycles. The van der Waals surface area contributed by atoms with Crippen molar-refractivity contribution in [2.24, 2.45) is 5.41 Å². The van der Waals surface area contributed by atoms with Gasteiger partial charge in [0.25, 0.3) is 0 Å². The molecule has 3 unspecified atom stereocenters. The average molecular weight is 283 g/mol. The fraction of sp³-hybridized carbons (Fsp3) is 0.643. The number of Topliss-reactive ketones (excluding diaryl/α,β-unsaturated/α-hetero) is 1. The average Bonchev–Trinajstić information content (AvgIpc) is 2.78. The van der Waals surface area contributed by atoms with Gasteiger partial charge in [0.15, 0.2) is 5.78 Å². The number of hydrogen-bond donors (Lipinski definition) is 5. The normalized spacial score (nSPS) is 22.2. The van der Waals surface area contributed by atoms with E-state index in [2.05, 4.69) is 4.98 Å². The van der Waals surface area contributed by atoms with Crippen molar-refractivity contribution in [3.63, 3.8) is 0 Å². The van der Waals surface area contributed by atoms with Crippen LogP contribution >= 0.6 is 0 Å². The second-order valence-electron chi connectivity index (χ2n) is 6.24. The fourth-order valence-corrected chi connectivity index (χ4v) is 2.64. The first kappa shape index (κ1) is 15.2. The number of aromatic nitrogens is 1. The molecule has 1 aromatic rings. The molecule has 5 N–H and O–H groups in total. The van der Waals surface area contributed by atoms with Gasteiger partial charge < -0.3 is 25.4 Å². The van der Waals surface area contributed by atoms with E-state index >= 15 is 0 Å². The smallest absolute Gasteiger partial charge is 0.165 e. The van der Waals surface area contributed by atoms with E-state index in [0.29, 0.717) is 18.4 Å². The molecule has 0 radical (unpaired) electrons. The van der Waals surface area contributed by atoms with Gasteiger partial charge >= 0.3 is 0 Å². The van der Waals surface area contributed by atoms with Gasteiger partial charge in [0.05, 0.1) is 6.61 Å². The van der Waals surface area contributed by atoms with Crippen molar-refractivity contribution in [2.45, 2.75) is 45.0 Å². The molecule has 0 aliphatic heterocycles. The van der Waals surface area contributed by atoms with Crippen LogP contribution in [-0.4, -0.2) is 50.0 Å². The number of rotatable bonds is 4. The van der Waals surface area contributed by atoms with Gasteiger partial charge in [0.2, 0.25) is 0 Å². The molecule has 6 heteroatoms. The lowest BCUT2D eigenvalue weighted by molar-refractivity contribution is -0.0788. The van der Waals surface area contributed by atoms with Crippen LogP contribution in [0.5, 0.6) is 0 Å². The molecule has 20 heavy (non-hydrogen) atoms. The molecule has 1 aliphatic carbocycles. The molecule has 0 saturated heterocycles. The van der Waals surface area contributed by atoms with E-state index in [1.807, 2.05) is 13.8 Å². The molecule has 0 amide bonds. The first-order valence-electron chi connectivity index (χ1n) is 6.65. The predicted molar refractivity (Wildman–Crippen MR) is 71.3 cm³/mol. The van der Waals surface area contributed by atoms with Crippen molar-refractivity contribution >= 4 is 5.78 Å². The van der Waals surface area contributed by atoms with Crippen molar-refractivity contribution in [2.75, 3.05) is 6.61 Å². The maximum Gasteiger partial charge on any atom is 0.165 e. The number of carbonyl (C=O) groups is 1. The van der Waals surface area contributed by atoms with E-state index < -0.39 is 24.9 Å². The lowest BCUT2D eigenvalue weighted by Gasteiger charge is -2.27. The predicted octanol–water partition coefficient (Wildman–Crippen LogP) is -0.0827. The molecule has 6 nitrogen and oxygen atoms in total. The number of ketones is 1. The first-order valence-corrected chi connectivity index (χ1v) is 6.65. The zero-order chi connectivity index (χ0) is 15.1. The van der Waals surface area contributed by atoms with Crippen molar-refractivity contribution in [1.82, 2.24) is 4.98 Å². The van der Waals surface area contributed by atoms with Crippen LogP contribution in [0.2, 0.25) is 0 Å². The molecule has 0 fully saturated rings. The Balaban J connectivity index is 2.27. The summed E-state index contributed by atoms with van der Waals surface area (Å²) in [4.78, 5) is 15.0. The Labute approximate surface area is 117 Å². The molecule has 0 spiro atoms. The Bertz CT molecular complexity index is 508. The quantitative estimate of drug-likeness (QED) is 0.530. The van der Waals surface area contributed by atoms with Crippen LogP contribution in [0, 0.1) is 5.41 Å². The molecular weight excluding hydrogens is 262 g/mol. The van der Waals surface area contributed by atoms with E-state index in [1.165, 1.54) is 6.07 Å². The second-order valence-corrected chi connectivity index (χ2v) is 6.24. The van der Waals surface area contributed by atoms with Gasteiger partial charge in [-0.2, -0.15) is 0 Å². The summed E-state index contributed by atoms with van der Waals surface area (Å²) in [6.45, 7) is 3.34. The van der Waals surface area contributed by atoms with E-state index in [-0.39, 0.29) is 16.9 Å². The topological polar surface area (TPSA) is 114 Å². The number of nitrogens with one attached hydrogen (secondary N) is 1. The molecule has 0 aromatic carbocycles. The summed E-state index contributed by atoms with van der Waals surface area (Å²) < 4.78 is 0. The summed E-state index contributed by atoms with van der Waals surface area (Å²) in [6, 6.07) is 1.52. The third-order valence-electron chi connectivity index (χ3n) is 3.74. The maximum atomic E-state index is 12.0. The van der Waals surface area contributed by atoms with Crippen molar-refractivity contribution < 1.29 is 25.2 Å². The number of fused-ring (bicyclic) bond motifs is 1. The van der Waals surface area contributed by atoms with Gasteiger partial charge in [-0.1, -0.05) is 13.8 Å². The van der Waals surface area contributed by atoms with E-state index in [0.717, 1.165) is 5.69 Å². The highest BCUT2D eigenvalue weighted by atomic mass is 16.4. The Morgan fingerprint density at radius 3 is 2.55 bits per heavy atom. The zero-order valence-corrected chi connectivity index (χ0v) is 11.6. The number of aliphatic hydroxyl groups excluding tert-OH is 4. The van der Waals surface area contributed by atoms with Crippen molar-refractivity contribution in [1.29, 1.82) is 0 Å². The Hall–Kier alpha value is -1.21. The second kappa shape index (κ2) is 5.29. The van der Waals surface area contributed by atoms with E-state index in [9.17, 15) is 20.1 Å². The highest BCUT2D eigenvalue weighted by Crippen LogP contribution is 2.35. The third kappa shape index (κ3) is 2.78. The highest BCUT2D eigenvalue weighted by molar-refractivity contribution is 5.99. The number of H-pyrrole nitrogens is 1. The number of carbonyl (C=O) groups excluding carboxylic acids is 1. The van der Waals surface area contributed by atoms with Gasteiger partial charge in [-0.3, -0.25) is 4.79 Å². The monoisotopic (exact) mass is 283 g/mol. The maximum absolute atomic E-state index is 12.0. The van der Waals surface area contributed by atoms with Crippen molar-refractivity contribution in [3.8, 4) is 0 Å². The van der Waals surface area contributed by atoms with Gasteiger partial charge in [0, 0.05) is 23.4 Å². The standard InChI is InChI=1S/C14H21NO5/c1-14(2)4-9-7(10(17)5-14)3-8(15-9)12(19)13(20)11(18)6-16/h3,11-13,15-16,18-20H,4-6H2,1-2H3. The van der Waals surface area contributed by atoms with Crippen LogP contribution in [0.15, 0.2) is 6.07 Å². The van der Waals surface area contributed by atoms with Crippen molar-refractivity contribution in [3.05, 3.63) is 23.0 Å². The molecule has 3 atom stereocenters. The zero-order valence-electron chi connectivity index (χ0n) is 11.6. The Morgan fingerprint density at radius 1 is 1.30 bits per heavy atom. The molecule has 1 aliphatic rings. The SMILES string of the molecule is CC1(C)CC(=O)c2cc(C(O)C(O)C(O)CO)[nH]c2C1. The summed E-state index contributed by atoms with van der Waals surface area (Å²) >= 11 is 0. The Kier molecular flexibility index (Phi) is 4.02. The van der Waals surface area contributed by atoms with Crippen LogP contribution in [0.4, 0.5) is 0 Å². The Morgan fingerprint density at radius 2 is 1.95 bits per heavy atom. The van der Waals surface area contributed by atoms with Crippen LogP contribution in [0.1, 0.15) is 48.1 Å². The van der Waals surface area contributed by atoms with Gasteiger partial charge in [-0.05, 0) is 17.9 Å². The summed E-state index contributed by atoms with van der Waals surface area (Å²) in [7, 11) is 0. The number of aromatic amines is 1. The minimum absolute atomic E-state index is 0.00291. The number of hydrogen-bond acceptors (Lipinski definition) is 5. The largest absolute Gasteiger partial charge is 0.394 e. The van der Waals surface area contributed by atoms with E-state index in [1.54, 1.807) is 0 Å². The third-order valence-corrected chi connectivity index (χ3v) is 3.74. The molecule has 1 aromatic heterocycles. The summed E-state index contributed by atoms with van der Waals surface area (Å²) in [5.74, 6) is 0.00291. The molecule has 112 valence electrons. The van der Waals surface area contributed by atoms with E-state index in [4.69, 9.17) is 5.11 Å². The first-order chi connectivity index (χ1) is 9.25. The minimum Gasteiger partial charge on any atom is -0.394 e.